The van der Waals surface area contributed by atoms with Crippen LogP contribution >= 0.6 is 0 Å². The molecule has 0 aliphatic carbocycles. The first-order chi connectivity index (χ1) is 15.3. The zero-order valence-electron chi connectivity index (χ0n) is 18.1. The fourth-order valence-corrected chi connectivity index (χ4v) is 2.85. The van der Waals surface area contributed by atoms with E-state index in [0.29, 0.717) is 22.7 Å². The summed E-state index contributed by atoms with van der Waals surface area (Å²) in [5.74, 6) is -0.434. The van der Waals surface area contributed by atoms with Gasteiger partial charge < -0.3 is 10.1 Å². The van der Waals surface area contributed by atoms with Crippen molar-refractivity contribution in [3.05, 3.63) is 94.8 Å². The van der Waals surface area contributed by atoms with Crippen LogP contribution in [0.15, 0.2) is 71.8 Å². The maximum Gasteiger partial charge on any atom is 0.277 e. The number of hydrazone groups is 1. The standard InChI is InChI=1S/C25H24FN3O3/c1-16-4-5-17(2)23(14-16)32-15-24(30)29-28-18(3)19-8-12-22(13-9-19)27-25(31)20-6-10-21(26)11-7-20/h4-14H,15H2,1-3H3,(H,27,31)(H,29,30)/b28-18+. The van der Waals surface area contributed by atoms with E-state index in [9.17, 15) is 14.0 Å². The summed E-state index contributed by atoms with van der Waals surface area (Å²) in [6, 6.07) is 18.1. The van der Waals surface area contributed by atoms with Gasteiger partial charge in [0.25, 0.3) is 11.8 Å². The van der Waals surface area contributed by atoms with Crippen LogP contribution in [0.3, 0.4) is 0 Å². The number of rotatable bonds is 7. The molecule has 2 N–H and O–H groups in total. The largest absolute Gasteiger partial charge is 0.483 e. The monoisotopic (exact) mass is 433 g/mol. The molecule has 0 unspecified atom stereocenters. The molecule has 32 heavy (non-hydrogen) atoms. The molecule has 2 amide bonds. The predicted molar refractivity (Wildman–Crippen MR) is 123 cm³/mol. The highest BCUT2D eigenvalue weighted by Gasteiger charge is 2.08. The first kappa shape index (κ1) is 22.7. The first-order valence-corrected chi connectivity index (χ1v) is 10.0. The molecule has 0 aliphatic heterocycles. The Balaban J connectivity index is 1.53. The van der Waals surface area contributed by atoms with Crippen LogP contribution < -0.4 is 15.5 Å². The van der Waals surface area contributed by atoms with E-state index in [0.717, 1.165) is 16.7 Å². The number of carbonyl (C=O) groups excluding carboxylic acids is 2. The lowest BCUT2D eigenvalue weighted by Crippen LogP contribution is -2.25. The number of hydrogen-bond acceptors (Lipinski definition) is 4. The molecule has 0 fully saturated rings. The van der Waals surface area contributed by atoms with Crippen molar-refractivity contribution in [3.63, 3.8) is 0 Å². The van der Waals surface area contributed by atoms with E-state index < -0.39 is 5.82 Å². The lowest BCUT2D eigenvalue weighted by molar-refractivity contribution is -0.123. The zero-order chi connectivity index (χ0) is 23.1. The second-order valence-corrected chi connectivity index (χ2v) is 7.33. The number of anilines is 1. The van der Waals surface area contributed by atoms with Crippen LogP contribution in [0.1, 0.15) is 34.0 Å². The molecule has 0 bridgehead atoms. The number of carbonyl (C=O) groups is 2. The Morgan fingerprint density at radius 3 is 2.28 bits per heavy atom. The SMILES string of the molecule is C/C(=N\NC(=O)COc1cc(C)ccc1C)c1ccc(NC(=O)c2ccc(F)cc2)cc1. The number of nitrogens with zero attached hydrogens (tertiary/aromatic N) is 1. The minimum Gasteiger partial charge on any atom is -0.483 e. The Hall–Kier alpha value is -4.00. The second kappa shape index (κ2) is 10.3. The predicted octanol–water partition coefficient (Wildman–Crippen LogP) is 4.61. The number of aryl methyl sites for hydroxylation is 2. The lowest BCUT2D eigenvalue weighted by atomic mass is 10.1. The number of benzene rings is 3. The third-order valence-corrected chi connectivity index (χ3v) is 4.72. The minimum absolute atomic E-state index is 0.143. The summed E-state index contributed by atoms with van der Waals surface area (Å²) in [6.45, 7) is 5.49. The number of ether oxygens (including phenoxy) is 1. The maximum absolute atomic E-state index is 13.0. The summed E-state index contributed by atoms with van der Waals surface area (Å²) in [5.41, 5.74) is 6.81. The van der Waals surface area contributed by atoms with Crippen molar-refractivity contribution in [1.29, 1.82) is 0 Å². The average molecular weight is 433 g/mol. The molecule has 0 radical (unpaired) electrons. The van der Waals surface area contributed by atoms with Gasteiger partial charge >= 0.3 is 0 Å². The average Bonchev–Trinajstić information content (AvgIpc) is 2.79. The highest BCUT2D eigenvalue weighted by molar-refractivity contribution is 6.05. The molecule has 6 nitrogen and oxygen atoms in total. The Bertz CT molecular complexity index is 1140. The molecule has 0 heterocycles. The van der Waals surface area contributed by atoms with Crippen LogP contribution in [-0.2, 0) is 4.79 Å². The van der Waals surface area contributed by atoms with Gasteiger partial charge in [-0.15, -0.1) is 0 Å². The molecule has 3 rings (SSSR count). The molecule has 3 aromatic rings. The fraction of sp³-hybridized carbons (Fsp3) is 0.160. The molecule has 0 aliphatic rings. The van der Waals surface area contributed by atoms with E-state index in [4.69, 9.17) is 4.74 Å². The Labute approximate surface area is 186 Å². The van der Waals surface area contributed by atoms with Gasteiger partial charge in [0.2, 0.25) is 0 Å². The number of hydrogen-bond donors (Lipinski definition) is 2. The normalized spacial score (nSPS) is 11.1. The third-order valence-electron chi connectivity index (χ3n) is 4.72. The van der Waals surface area contributed by atoms with E-state index in [1.807, 2.05) is 32.0 Å². The minimum atomic E-state index is -0.399. The van der Waals surface area contributed by atoms with Crippen LogP contribution in [0, 0.1) is 19.7 Å². The number of nitrogens with one attached hydrogen (secondary N) is 2. The molecule has 7 heteroatoms. The lowest BCUT2D eigenvalue weighted by Gasteiger charge is -2.09. The summed E-state index contributed by atoms with van der Waals surface area (Å²) < 4.78 is 18.6. The molecule has 0 aromatic heterocycles. The Morgan fingerprint density at radius 2 is 1.59 bits per heavy atom. The smallest absolute Gasteiger partial charge is 0.277 e. The summed E-state index contributed by atoms with van der Waals surface area (Å²) in [6.07, 6.45) is 0. The van der Waals surface area contributed by atoms with E-state index in [2.05, 4.69) is 15.8 Å². The topological polar surface area (TPSA) is 79.8 Å². The van der Waals surface area contributed by atoms with Crippen LogP contribution in [0.2, 0.25) is 0 Å². The maximum atomic E-state index is 13.0. The first-order valence-electron chi connectivity index (χ1n) is 10.0. The number of halogens is 1. The van der Waals surface area contributed by atoms with E-state index in [1.165, 1.54) is 24.3 Å². The van der Waals surface area contributed by atoms with Crippen LogP contribution in [0.4, 0.5) is 10.1 Å². The summed E-state index contributed by atoms with van der Waals surface area (Å²) in [4.78, 5) is 24.3. The second-order valence-electron chi connectivity index (χ2n) is 7.33. The van der Waals surface area contributed by atoms with Gasteiger partial charge in [-0.05, 0) is 79.9 Å². The fourth-order valence-electron chi connectivity index (χ4n) is 2.85. The third kappa shape index (κ3) is 6.25. The summed E-state index contributed by atoms with van der Waals surface area (Å²) >= 11 is 0. The van der Waals surface area contributed by atoms with Gasteiger partial charge in [-0.1, -0.05) is 24.3 Å². The molecular formula is C25H24FN3O3. The van der Waals surface area contributed by atoms with Crippen LogP contribution in [0.25, 0.3) is 0 Å². The van der Waals surface area contributed by atoms with Gasteiger partial charge in [-0.25, -0.2) is 9.82 Å². The summed E-state index contributed by atoms with van der Waals surface area (Å²) in [5, 5.41) is 6.85. The van der Waals surface area contributed by atoms with E-state index in [-0.39, 0.29) is 18.4 Å². The van der Waals surface area contributed by atoms with Crippen LogP contribution in [0.5, 0.6) is 5.75 Å². The zero-order valence-corrected chi connectivity index (χ0v) is 18.1. The van der Waals surface area contributed by atoms with Gasteiger partial charge in [-0.2, -0.15) is 5.10 Å². The van der Waals surface area contributed by atoms with Gasteiger partial charge in [0.1, 0.15) is 11.6 Å². The van der Waals surface area contributed by atoms with Gasteiger partial charge in [0.05, 0.1) is 5.71 Å². The van der Waals surface area contributed by atoms with Crippen molar-refractivity contribution in [1.82, 2.24) is 5.43 Å². The Morgan fingerprint density at radius 1 is 0.938 bits per heavy atom. The Kier molecular flexibility index (Phi) is 7.33. The van der Waals surface area contributed by atoms with E-state index in [1.54, 1.807) is 31.2 Å². The van der Waals surface area contributed by atoms with Gasteiger partial charge in [0.15, 0.2) is 6.61 Å². The number of amides is 2. The van der Waals surface area contributed by atoms with Crippen molar-refractivity contribution < 1.29 is 18.7 Å². The molecule has 0 atom stereocenters. The molecule has 0 saturated carbocycles. The van der Waals surface area contributed by atoms with Gasteiger partial charge in [0, 0.05) is 11.3 Å². The van der Waals surface area contributed by atoms with E-state index >= 15 is 0 Å². The highest BCUT2D eigenvalue weighted by Crippen LogP contribution is 2.19. The summed E-state index contributed by atoms with van der Waals surface area (Å²) in [7, 11) is 0. The van der Waals surface area contributed by atoms with Crippen molar-refractivity contribution in [2.24, 2.45) is 5.10 Å². The highest BCUT2D eigenvalue weighted by atomic mass is 19.1. The van der Waals surface area contributed by atoms with Crippen molar-refractivity contribution >= 4 is 23.2 Å². The molecule has 164 valence electrons. The van der Waals surface area contributed by atoms with Crippen molar-refractivity contribution in [3.8, 4) is 5.75 Å². The molecule has 0 spiro atoms. The quantitative estimate of drug-likeness (QED) is 0.422. The molecular weight excluding hydrogens is 409 g/mol. The molecule has 0 saturated heterocycles. The van der Waals surface area contributed by atoms with Crippen LogP contribution in [-0.4, -0.2) is 24.1 Å². The molecule has 3 aromatic carbocycles. The van der Waals surface area contributed by atoms with Gasteiger partial charge in [-0.3, -0.25) is 9.59 Å². The van der Waals surface area contributed by atoms with Crippen molar-refractivity contribution in [2.75, 3.05) is 11.9 Å². The van der Waals surface area contributed by atoms with Crippen molar-refractivity contribution in [2.45, 2.75) is 20.8 Å².